The van der Waals surface area contributed by atoms with Gasteiger partial charge in [-0.15, -0.1) is 0 Å². The van der Waals surface area contributed by atoms with Crippen LogP contribution < -0.4 is 10.5 Å². The van der Waals surface area contributed by atoms with Crippen LogP contribution in [0.2, 0.25) is 0 Å². The summed E-state index contributed by atoms with van der Waals surface area (Å²) in [6.45, 7) is 7.42. The Balaban J connectivity index is 1.87. The fraction of sp³-hybridized carbons (Fsp3) is 0.667. The average Bonchev–Trinajstić information content (AvgIpc) is 2.99. The van der Waals surface area contributed by atoms with Crippen LogP contribution in [0.15, 0.2) is 24.3 Å². The second kappa shape index (κ2) is 6.62. The van der Waals surface area contributed by atoms with Crippen LogP contribution in [-0.2, 0) is 5.41 Å². The zero-order chi connectivity index (χ0) is 14.6. The van der Waals surface area contributed by atoms with Gasteiger partial charge in [-0.05, 0) is 48.3 Å². The maximum absolute atomic E-state index is 6.22. The van der Waals surface area contributed by atoms with E-state index >= 15 is 0 Å². The third kappa shape index (κ3) is 3.76. The predicted octanol–water partition coefficient (Wildman–Crippen LogP) is 4.27. The third-order valence-electron chi connectivity index (χ3n) is 4.97. The summed E-state index contributed by atoms with van der Waals surface area (Å²) >= 11 is 0. The third-order valence-corrected chi connectivity index (χ3v) is 4.97. The molecule has 2 heteroatoms. The number of benzene rings is 1. The molecule has 1 unspecified atom stereocenters. The molecule has 0 spiro atoms. The second-order valence-corrected chi connectivity index (χ2v) is 6.78. The van der Waals surface area contributed by atoms with E-state index in [0.717, 1.165) is 12.2 Å². The summed E-state index contributed by atoms with van der Waals surface area (Å²) in [5.74, 6) is 1.60. The molecule has 0 radical (unpaired) electrons. The Morgan fingerprint density at radius 3 is 2.35 bits per heavy atom. The molecule has 2 nitrogen and oxygen atoms in total. The molecule has 0 amide bonds. The first-order chi connectivity index (χ1) is 9.53. The molecule has 1 saturated carbocycles. The SMILES string of the molecule is CCC(C)(C)c1ccc(OCC(N)C2CCCC2)cc1. The Kier molecular flexibility index (Phi) is 5.09. The van der Waals surface area contributed by atoms with Gasteiger partial charge in [-0.1, -0.05) is 45.7 Å². The number of hydrogen-bond donors (Lipinski definition) is 1. The van der Waals surface area contributed by atoms with Gasteiger partial charge in [0.1, 0.15) is 12.4 Å². The molecule has 1 aromatic rings. The van der Waals surface area contributed by atoms with Crippen molar-refractivity contribution in [1.82, 2.24) is 0 Å². The van der Waals surface area contributed by atoms with E-state index in [0.29, 0.717) is 12.5 Å². The summed E-state index contributed by atoms with van der Waals surface area (Å²) in [5, 5.41) is 0. The minimum Gasteiger partial charge on any atom is -0.492 e. The van der Waals surface area contributed by atoms with E-state index in [2.05, 4.69) is 45.0 Å². The van der Waals surface area contributed by atoms with E-state index in [1.807, 2.05) is 0 Å². The molecule has 1 aromatic carbocycles. The van der Waals surface area contributed by atoms with Gasteiger partial charge >= 0.3 is 0 Å². The van der Waals surface area contributed by atoms with Gasteiger partial charge in [-0.25, -0.2) is 0 Å². The summed E-state index contributed by atoms with van der Waals surface area (Å²) < 4.78 is 5.86. The maximum Gasteiger partial charge on any atom is 0.119 e. The fourth-order valence-electron chi connectivity index (χ4n) is 2.92. The number of nitrogens with two attached hydrogens (primary N) is 1. The van der Waals surface area contributed by atoms with Crippen molar-refractivity contribution in [2.75, 3.05) is 6.61 Å². The first kappa shape index (κ1) is 15.4. The maximum atomic E-state index is 6.22. The molecular weight excluding hydrogens is 246 g/mol. The van der Waals surface area contributed by atoms with Crippen molar-refractivity contribution in [2.24, 2.45) is 11.7 Å². The monoisotopic (exact) mass is 275 g/mol. The minimum absolute atomic E-state index is 0.184. The highest BCUT2D eigenvalue weighted by Crippen LogP contribution is 2.29. The summed E-state index contributed by atoms with van der Waals surface area (Å²) in [5.41, 5.74) is 7.83. The second-order valence-electron chi connectivity index (χ2n) is 6.78. The number of hydrogen-bond acceptors (Lipinski definition) is 2. The van der Waals surface area contributed by atoms with Gasteiger partial charge in [0.25, 0.3) is 0 Å². The average molecular weight is 275 g/mol. The topological polar surface area (TPSA) is 35.2 Å². The quantitative estimate of drug-likeness (QED) is 0.841. The standard InChI is InChI=1S/C18H29NO/c1-4-18(2,3)15-9-11-16(12-10-15)20-13-17(19)14-7-5-6-8-14/h9-12,14,17H,4-8,13,19H2,1-3H3. The lowest BCUT2D eigenvalue weighted by Crippen LogP contribution is -2.34. The predicted molar refractivity (Wildman–Crippen MR) is 85.2 cm³/mol. The molecule has 0 aromatic heterocycles. The summed E-state index contributed by atoms with van der Waals surface area (Å²) in [6.07, 6.45) is 6.35. The Hall–Kier alpha value is -1.02. The van der Waals surface area contributed by atoms with Crippen LogP contribution in [0, 0.1) is 5.92 Å². The van der Waals surface area contributed by atoms with E-state index < -0.39 is 0 Å². The van der Waals surface area contributed by atoms with E-state index in [-0.39, 0.29) is 11.5 Å². The normalized spacial score (nSPS) is 18.2. The molecular formula is C18H29NO. The van der Waals surface area contributed by atoms with Crippen molar-refractivity contribution in [3.8, 4) is 5.75 Å². The molecule has 2 rings (SSSR count). The highest BCUT2D eigenvalue weighted by molar-refractivity contribution is 5.31. The first-order valence-corrected chi connectivity index (χ1v) is 8.02. The summed E-state index contributed by atoms with van der Waals surface area (Å²) in [6, 6.07) is 8.70. The molecule has 0 aliphatic heterocycles. The van der Waals surface area contributed by atoms with Crippen molar-refractivity contribution in [2.45, 2.75) is 64.3 Å². The lowest BCUT2D eigenvalue weighted by molar-refractivity contribution is 0.247. The van der Waals surface area contributed by atoms with Crippen LogP contribution in [0.25, 0.3) is 0 Å². The van der Waals surface area contributed by atoms with Gasteiger partial charge < -0.3 is 10.5 Å². The highest BCUT2D eigenvalue weighted by Gasteiger charge is 2.22. The van der Waals surface area contributed by atoms with Crippen molar-refractivity contribution in [1.29, 1.82) is 0 Å². The van der Waals surface area contributed by atoms with Crippen molar-refractivity contribution in [3.05, 3.63) is 29.8 Å². The van der Waals surface area contributed by atoms with Crippen LogP contribution in [-0.4, -0.2) is 12.6 Å². The summed E-state index contributed by atoms with van der Waals surface area (Å²) in [7, 11) is 0. The number of rotatable bonds is 6. The highest BCUT2D eigenvalue weighted by atomic mass is 16.5. The van der Waals surface area contributed by atoms with E-state index in [9.17, 15) is 0 Å². The van der Waals surface area contributed by atoms with Crippen molar-refractivity contribution < 1.29 is 4.74 Å². The molecule has 20 heavy (non-hydrogen) atoms. The number of ether oxygens (including phenoxy) is 1. The Labute approximate surface area is 123 Å². The first-order valence-electron chi connectivity index (χ1n) is 8.02. The van der Waals surface area contributed by atoms with Gasteiger partial charge in [0.05, 0.1) is 0 Å². The zero-order valence-corrected chi connectivity index (χ0v) is 13.2. The lowest BCUT2D eigenvalue weighted by atomic mass is 9.82. The van der Waals surface area contributed by atoms with E-state index in [1.54, 1.807) is 0 Å². The molecule has 1 aliphatic carbocycles. The molecule has 112 valence electrons. The van der Waals surface area contributed by atoms with E-state index in [1.165, 1.54) is 31.2 Å². The lowest BCUT2D eigenvalue weighted by Gasteiger charge is -2.24. The zero-order valence-electron chi connectivity index (χ0n) is 13.2. The minimum atomic E-state index is 0.184. The Morgan fingerprint density at radius 2 is 1.80 bits per heavy atom. The van der Waals surface area contributed by atoms with Crippen LogP contribution >= 0.6 is 0 Å². The van der Waals surface area contributed by atoms with Gasteiger partial charge in [-0.2, -0.15) is 0 Å². The van der Waals surface area contributed by atoms with E-state index in [4.69, 9.17) is 10.5 Å². The Bertz CT molecular complexity index is 404. The van der Waals surface area contributed by atoms with Gasteiger partial charge in [0.2, 0.25) is 0 Å². The molecule has 0 heterocycles. The van der Waals surface area contributed by atoms with Crippen LogP contribution in [0.3, 0.4) is 0 Å². The molecule has 0 saturated heterocycles. The molecule has 1 fully saturated rings. The largest absolute Gasteiger partial charge is 0.492 e. The van der Waals surface area contributed by atoms with Crippen molar-refractivity contribution in [3.63, 3.8) is 0 Å². The molecule has 2 N–H and O–H groups in total. The molecule has 1 aliphatic rings. The van der Waals surface area contributed by atoms with Gasteiger partial charge in [-0.3, -0.25) is 0 Å². The van der Waals surface area contributed by atoms with Crippen LogP contribution in [0.5, 0.6) is 5.75 Å². The van der Waals surface area contributed by atoms with Crippen LogP contribution in [0.4, 0.5) is 0 Å². The van der Waals surface area contributed by atoms with Gasteiger partial charge in [0, 0.05) is 6.04 Å². The van der Waals surface area contributed by atoms with Crippen LogP contribution in [0.1, 0.15) is 58.4 Å². The summed E-state index contributed by atoms with van der Waals surface area (Å²) in [4.78, 5) is 0. The van der Waals surface area contributed by atoms with Gasteiger partial charge in [0.15, 0.2) is 0 Å². The Morgan fingerprint density at radius 1 is 1.20 bits per heavy atom. The fourth-order valence-corrected chi connectivity index (χ4v) is 2.92. The van der Waals surface area contributed by atoms with Crippen molar-refractivity contribution >= 4 is 0 Å². The smallest absolute Gasteiger partial charge is 0.119 e. The molecule has 1 atom stereocenters. The molecule has 0 bridgehead atoms.